The van der Waals surface area contributed by atoms with Gasteiger partial charge in [-0.2, -0.15) is 0 Å². The Balaban J connectivity index is 2.77. The molecule has 0 nitrogen and oxygen atoms in total. The standard InChI is InChI=1S/C24H26Cl2/c1-8-19-10-9-15(4)21(12-19)24(18(7)17(6)14(2)3)23-16(5)11-20(25)13-22(23)26/h1,9-13,17-18,24H,2H2,3-7H3. The molecule has 3 unspecified atom stereocenters. The summed E-state index contributed by atoms with van der Waals surface area (Å²) in [4.78, 5) is 0. The fraction of sp³-hybridized carbons (Fsp3) is 0.333. The highest BCUT2D eigenvalue weighted by atomic mass is 35.5. The third-order valence-corrected chi connectivity index (χ3v) is 6.02. The summed E-state index contributed by atoms with van der Waals surface area (Å²) < 4.78 is 0. The quantitative estimate of drug-likeness (QED) is 0.368. The van der Waals surface area contributed by atoms with Crippen LogP contribution in [0.15, 0.2) is 42.5 Å². The predicted molar refractivity (Wildman–Crippen MR) is 115 cm³/mol. The van der Waals surface area contributed by atoms with Gasteiger partial charge in [-0.1, -0.05) is 61.2 Å². The van der Waals surface area contributed by atoms with Crippen LogP contribution >= 0.6 is 23.2 Å². The molecular weight excluding hydrogens is 359 g/mol. The van der Waals surface area contributed by atoms with Crippen LogP contribution in [-0.2, 0) is 0 Å². The monoisotopic (exact) mass is 384 g/mol. The summed E-state index contributed by atoms with van der Waals surface area (Å²) in [5, 5.41) is 1.36. The second-order valence-corrected chi connectivity index (χ2v) is 8.15. The van der Waals surface area contributed by atoms with E-state index >= 15 is 0 Å². The summed E-state index contributed by atoms with van der Waals surface area (Å²) in [5.41, 5.74) is 6.69. The maximum absolute atomic E-state index is 6.69. The molecule has 0 amide bonds. The average molecular weight is 385 g/mol. The molecule has 2 heteroatoms. The van der Waals surface area contributed by atoms with E-state index in [-0.39, 0.29) is 5.92 Å². The summed E-state index contributed by atoms with van der Waals surface area (Å²) in [7, 11) is 0. The molecule has 0 saturated carbocycles. The van der Waals surface area contributed by atoms with Crippen molar-refractivity contribution in [2.75, 3.05) is 0 Å². The van der Waals surface area contributed by atoms with Gasteiger partial charge in [-0.15, -0.1) is 6.42 Å². The molecule has 26 heavy (non-hydrogen) atoms. The highest BCUT2D eigenvalue weighted by molar-refractivity contribution is 6.35. The van der Waals surface area contributed by atoms with Crippen LogP contribution in [0, 0.1) is 38.0 Å². The zero-order valence-corrected chi connectivity index (χ0v) is 17.7. The average Bonchev–Trinajstić information content (AvgIpc) is 2.57. The van der Waals surface area contributed by atoms with Gasteiger partial charge in [0.2, 0.25) is 0 Å². The first-order valence-corrected chi connectivity index (χ1v) is 9.61. The van der Waals surface area contributed by atoms with Crippen LogP contribution in [0.4, 0.5) is 0 Å². The largest absolute Gasteiger partial charge is 0.115 e. The van der Waals surface area contributed by atoms with E-state index in [0.717, 1.165) is 22.3 Å². The van der Waals surface area contributed by atoms with Gasteiger partial charge in [0.25, 0.3) is 0 Å². The van der Waals surface area contributed by atoms with E-state index in [0.29, 0.717) is 21.9 Å². The summed E-state index contributed by atoms with van der Waals surface area (Å²) >= 11 is 12.9. The van der Waals surface area contributed by atoms with Crippen molar-refractivity contribution in [1.82, 2.24) is 0 Å². The van der Waals surface area contributed by atoms with E-state index in [1.165, 1.54) is 11.1 Å². The molecule has 0 fully saturated rings. The third-order valence-electron chi connectivity index (χ3n) is 5.48. The van der Waals surface area contributed by atoms with Crippen LogP contribution in [0.5, 0.6) is 0 Å². The molecule has 0 aliphatic rings. The van der Waals surface area contributed by atoms with Crippen molar-refractivity contribution in [1.29, 1.82) is 0 Å². The predicted octanol–water partition coefficient (Wildman–Crippen LogP) is 7.57. The van der Waals surface area contributed by atoms with Gasteiger partial charge in [0, 0.05) is 21.5 Å². The summed E-state index contributed by atoms with van der Waals surface area (Å²) in [6.45, 7) is 14.9. The molecular formula is C24H26Cl2. The van der Waals surface area contributed by atoms with Crippen molar-refractivity contribution in [3.05, 3.63) is 80.3 Å². The molecule has 2 aromatic carbocycles. The number of halogens is 2. The van der Waals surface area contributed by atoms with E-state index in [1.54, 1.807) is 0 Å². The van der Waals surface area contributed by atoms with Gasteiger partial charge >= 0.3 is 0 Å². The van der Waals surface area contributed by atoms with Crippen LogP contribution in [0.25, 0.3) is 0 Å². The molecule has 0 aromatic heterocycles. The number of hydrogen-bond acceptors (Lipinski definition) is 0. The Hall–Kier alpha value is -1.68. The second kappa shape index (κ2) is 8.34. The molecule has 0 radical (unpaired) electrons. The van der Waals surface area contributed by atoms with E-state index in [2.05, 4.69) is 59.3 Å². The maximum atomic E-state index is 6.69. The number of rotatable bonds is 5. The summed E-state index contributed by atoms with van der Waals surface area (Å²) in [6.07, 6.45) is 5.66. The number of terminal acetylenes is 1. The number of hydrogen-bond donors (Lipinski definition) is 0. The normalized spacial score (nSPS) is 14.4. The lowest BCUT2D eigenvalue weighted by Gasteiger charge is -2.33. The molecule has 0 heterocycles. The number of allylic oxidation sites excluding steroid dienone is 1. The highest BCUT2D eigenvalue weighted by Gasteiger charge is 2.30. The molecule has 0 aliphatic heterocycles. The van der Waals surface area contributed by atoms with E-state index in [1.807, 2.05) is 18.2 Å². The summed E-state index contributed by atoms with van der Waals surface area (Å²) in [5.74, 6) is 3.51. The minimum atomic E-state index is 0.111. The lowest BCUT2D eigenvalue weighted by Crippen LogP contribution is -2.21. The first-order chi connectivity index (χ1) is 12.2. The maximum Gasteiger partial charge on any atom is 0.0461 e. The Morgan fingerprint density at radius 3 is 2.27 bits per heavy atom. The minimum Gasteiger partial charge on any atom is -0.115 e. The lowest BCUT2D eigenvalue weighted by molar-refractivity contribution is 0.394. The van der Waals surface area contributed by atoms with E-state index in [9.17, 15) is 0 Å². The van der Waals surface area contributed by atoms with Gasteiger partial charge in [0.05, 0.1) is 0 Å². The van der Waals surface area contributed by atoms with Gasteiger partial charge in [0.15, 0.2) is 0 Å². The van der Waals surface area contributed by atoms with Gasteiger partial charge in [-0.3, -0.25) is 0 Å². The Morgan fingerprint density at radius 2 is 1.73 bits per heavy atom. The van der Waals surface area contributed by atoms with Crippen LogP contribution < -0.4 is 0 Å². The topological polar surface area (TPSA) is 0 Å². The first-order valence-electron chi connectivity index (χ1n) is 8.85. The van der Waals surface area contributed by atoms with Gasteiger partial charge in [0.1, 0.15) is 0 Å². The molecule has 3 atom stereocenters. The summed E-state index contributed by atoms with van der Waals surface area (Å²) in [6, 6.07) is 10.0. The molecule has 0 N–H and O–H groups in total. The van der Waals surface area contributed by atoms with Gasteiger partial charge in [-0.25, -0.2) is 0 Å². The molecule has 0 bridgehead atoms. The fourth-order valence-electron chi connectivity index (χ4n) is 3.61. The smallest absolute Gasteiger partial charge is 0.0461 e. The zero-order valence-electron chi connectivity index (χ0n) is 16.2. The SMILES string of the molecule is C#Cc1ccc(C)c(C(c2c(C)cc(Cl)cc2Cl)C(C)C(C)C(=C)C)c1. The van der Waals surface area contributed by atoms with Crippen LogP contribution in [0.3, 0.4) is 0 Å². The molecule has 0 saturated heterocycles. The van der Waals surface area contributed by atoms with E-state index < -0.39 is 0 Å². The highest BCUT2D eigenvalue weighted by Crippen LogP contribution is 2.44. The number of benzene rings is 2. The Bertz CT molecular complexity index is 847. The minimum absolute atomic E-state index is 0.111. The van der Waals surface area contributed by atoms with Crippen LogP contribution in [-0.4, -0.2) is 0 Å². The van der Waals surface area contributed by atoms with Crippen molar-refractivity contribution >= 4 is 23.2 Å². The first kappa shape index (κ1) is 20.6. The Morgan fingerprint density at radius 1 is 1.08 bits per heavy atom. The van der Waals surface area contributed by atoms with Crippen molar-refractivity contribution in [3.63, 3.8) is 0 Å². The third kappa shape index (κ3) is 4.17. The lowest BCUT2D eigenvalue weighted by atomic mass is 9.72. The fourth-order valence-corrected chi connectivity index (χ4v) is 4.32. The van der Waals surface area contributed by atoms with Crippen molar-refractivity contribution in [2.24, 2.45) is 11.8 Å². The van der Waals surface area contributed by atoms with Crippen molar-refractivity contribution in [2.45, 2.75) is 40.5 Å². The van der Waals surface area contributed by atoms with Crippen LogP contribution in [0.1, 0.15) is 54.5 Å². The zero-order chi connectivity index (χ0) is 19.6. The van der Waals surface area contributed by atoms with E-state index in [4.69, 9.17) is 29.6 Å². The number of aryl methyl sites for hydroxylation is 2. The van der Waals surface area contributed by atoms with Gasteiger partial charge in [-0.05, 0) is 79.1 Å². The molecule has 0 spiro atoms. The molecule has 0 aliphatic carbocycles. The molecule has 2 rings (SSSR count). The molecule has 2 aromatic rings. The van der Waals surface area contributed by atoms with Gasteiger partial charge < -0.3 is 0 Å². The Labute approximate surface area is 168 Å². The van der Waals surface area contributed by atoms with Crippen molar-refractivity contribution in [3.8, 4) is 12.3 Å². The molecule has 136 valence electrons. The second-order valence-electron chi connectivity index (χ2n) is 7.31. The van der Waals surface area contributed by atoms with Crippen molar-refractivity contribution < 1.29 is 0 Å². The Kier molecular flexibility index (Phi) is 6.62. The van der Waals surface area contributed by atoms with Crippen LogP contribution in [0.2, 0.25) is 10.0 Å².